The van der Waals surface area contributed by atoms with E-state index in [4.69, 9.17) is 20.2 Å². The molecule has 5 nitrogen and oxygen atoms in total. The van der Waals surface area contributed by atoms with Gasteiger partial charge in [-0.2, -0.15) is 0 Å². The summed E-state index contributed by atoms with van der Waals surface area (Å²) >= 11 is 0. The first-order valence-electron chi connectivity index (χ1n) is 2.29. The predicted octanol–water partition coefficient (Wildman–Crippen LogP) is -1.97. The Morgan fingerprint density at radius 3 is 1.38 bits per heavy atom. The van der Waals surface area contributed by atoms with Gasteiger partial charge in [0.05, 0.1) is 0 Å². The van der Waals surface area contributed by atoms with Gasteiger partial charge in [-0.3, -0.25) is 9.41 Å². The molecule has 0 rings (SSSR count). The van der Waals surface area contributed by atoms with Crippen LogP contribution in [0.25, 0.3) is 0 Å². The molecular weight excluding hydrogens is 191 g/mol. The van der Waals surface area contributed by atoms with Crippen molar-refractivity contribution in [3.63, 3.8) is 0 Å². The summed E-state index contributed by atoms with van der Waals surface area (Å²) in [6, 6.07) is 0. The van der Waals surface area contributed by atoms with Gasteiger partial charge in [-0.1, -0.05) is 0 Å². The zero-order chi connectivity index (χ0) is 8.73. The Kier molecular flexibility index (Phi) is 40.1. The number of carboxylic acids is 1. The van der Waals surface area contributed by atoms with E-state index in [9.17, 15) is 9.18 Å². The second-order valence-electron chi connectivity index (χ2n) is 1.30. The number of hydrogen-bond donors (Lipinski definition) is 4. The van der Waals surface area contributed by atoms with Gasteiger partial charge in [-0.15, -0.1) is 0 Å². The molecule has 1 unspecified atom stereocenters. The fourth-order valence-electron chi connectivity index (χ4n) is 0. The Bertz CT molecular complexity index is 102. The van der Waals surface area contributed by atoms with Crippen LogP contribution in [-0.2, 0) is 4.79 Å². The first-order chi connectivity index (χ1) is 4.37. The Morgan fingerprint density at radius 1 is 1.31 bits per heavy atom. The van der Waals surface area contributed by atoms with Crippen molar-refractivity contribution in [1.29, 1.82) is 0 Å². The SMILES string of the molecule is CC(F)C(=O)O.F.F.OB(O)O.[LiH]. The first kappa shape index (κ1) is 29.3. The van der Waals surface area contributed by atoms with Crippen LogP contribution >= 0.6 is 0 Å². The predicted molar refractivity (Wildman–Crippen MR) is 42.8 cm³/mol. The van der Waals surface area contributed by atoms with E-state index in [0.717, 1.165) is 6.92 Å². The molecule has 1 atom stereocenters. The summed E-state index contributed by atoms with van der Waals surface area (Å²) in [4.78, 5) is 9.32. The van der Waals surface area contributed by atoms with E-state index >= 15 is 0 Å². The molecule has 0 radical (unpaired) electrons. The van der Waals surface area contributed by atoms with Crippen LogP contribution in [-0.4, -0.2) is 58.5 Å². The molecule has 0 aliphatic rings. The van der Waals surface area contributed by atoms with E-state index in [-0.39, 0.29) is 28.3 Å². The molecule has 0 saturated heterocycles. The van der Waals surface area contributed by atoms with Crippen LogP contribution in [0.2, 0.25) is 0 Å². The van der Waals surface area contributed by atoms with E-state index < -0.39 is 19.5 Å². The van der Waals surface area contributed by atoms with Crippen LogP contribution in [0.15, 0.2) is 0 Å². The fraction of sp³-hybridized carbons (Fsp3) is 0.667. The van der Waals surface area contributed by atoms with E-state index in [2.05, 4.69) is 0 Å². The molecule has 0 aromatic heterocycles. The molecule has 0 aliphatic heterocycles. The number of hydrogen-bond acceptors (Lipinski definition) is 4. The van der Waals surface area contributed by atoms with Gasteiger partial charge in [0, 0.05) is 0 Å². The third-order valence-corrected chi connectivity index (χ3v) is 0.340. The average molecular weight is 202 g/mol. The second-order valence-corrected chi connectivity index (χ2v) is 1.30. The summed E-state index contributed by atoms with van der Waals surface area (Å²) < 4.78 is 11.2. The van der Waals surface area contributed by atoms with Gasteiger partial charge in [0.25, 0.3) is 0 Å². The third kappa shape index (κ3) is 78.4. The van der Waals surface area contributed by atoms with Crippen LogP contribution in [0, 0.1) is 0 Å². The number of alkyl halides is 1. The van der Waals surface area contributed by atoms with E-state index in [0.29, 0.717) is 0 Å². The quantitative estimate of drug-likeness (QED) is 0.370. The molecule has 13 heavy (non-hydrogen) atoms. The van der Waals surface area contributed by atoms with E-state index in [1.54, 1.807) is 0 Å². The van der Waals surface area contributed by atoms with Crippen LogP contribution < -0.4 is 0 Å². The van der Waals surface area contributed by atoms with Gasteiger partial charge in [0.2, 0.25) is 0 Å². The molecular formula is C3H11BF3LiO5. The number of rotatable bonds is 1. The first-order valence-corrected chi connectivity index (χ1v) is 2.29. The zero-order valence-electron chi connectivity index (χ0n) is 6.05. The summed E-state index contributed by atoms with van der Waals surface area (Å²) in [5.74, 6) is -1.41. The molecule has 0 aromatic carbocycles. The van der Waals surface area contributed by atoms with Crippen LogP contribution in [0.4, 0.5) is 13.8 Å². The Morgan fingerprint density at radius 2 is 1.38 bits per heavy atom. The Hall–Kier alpha value is -0.198. The molecule has 0 fully saturated rings. The Labute approximate surface area is 84.7 Å². The summed E-state index contributed by atoms with van der Waals surface area (Å²) in [6.07, 6.45) is -1.73. The van der Waals surface area contributed by atoms with Gasteiger partial charge >= 0.3 is 32.2 Å². The molecule has 78 valence electrons. The molecule has 10 heteroatoms. The van der Waals surface area contributed by atoms with Gasteiger partial charge in [-0.25, -0.2) is 9.18 Å². The van der Waals surface area contributed by atoms with Crippen molar-refractivity contribution in [3.05, 3.63) is 0 Å². The number of carbonyl (C=O) groups is 1. The molecule has 0 heterocycles. The average Bonchev–Trinajstić information content (AvgIpc) is 1.63. The Balaban J connectivity index is -0.0000000279. The monoisotopic (exact) mass is 202 g/mol. The molecule has 0 bridgehead atoms. The van der Waals surface area contributed by atoms with Gasteiger partial charge in [0.1, 0.15) is 0 Å². The van der Waals surface area contributed by atoms with Crippen molar-refractivity contribution in [3.8, 4) is 0 Å². The standard InChI is InChI=1S/C3H5FO2.BH3O3.2FH.Li.H/c1-2(4)3(5)6;2-1(3)4;;;;/h2H,1H3,(H,5,6);2-4H;2*1H;;. The molecule has 0 saturated carbocycles. The fourth-order valence-corrected chi connectivity index (χ4v) is 0. The van der Waals surface area contributed by atoms with Crippen molar-refractivity contribution in [2.24, 2.45) is 0 Å². The molecule has 0 aliphatic carbocycles. The van der Waals surface area contributed by atoms with E-state index in [1.165, 1.54) is 0 Å². The number of aliphatic carboxylic acids is 1. The summed E-state index contributed by atoms with van der Waals surface area (Å²) in [6.45, 7) is 0.975. The van der Waals surface area contributed by atoms with Gasteiger partial charge in [-0.05, 0) is 6.92 Å². The van der Waals surface area contributed by atoms with Crippen LogP contribution in [0.5, 0.6) is 0 Å². The number of halogens is 3. The van der Waals surface area contributed by atoms with Crippen molar-refractivity contribution in [2.45, 2.75) is 13.1 Å². The van der Waals surface area contributed by atoms with Crippen LogP contribution in [0.1, 0.15) is 6.92 Å². The van der Waals surface area contributed by atoms with Crippen molar-refractivity contribution in [1.82, 2.24) is 0 Å². The molecule has 0 amide bonds. The number of carboxylic acid groups (broad SMARTS) is 1. The maximum absolute atomic E-state index is 11.2. The molecule has 4 N–H and O–H groups in total. The minimum absolute atomic E-state index is 0. The topological polar surface area (TPSA) is 98.0 Å². The summed E-state index contributed by atoms with van der Waals surface area (Å²) in [5.41, 5.74) is 0. The second kappa shape index (κ2) is 17.8. The van der Waals surface area contributed by atoms with Gasteiger partial charge < -0.3 is 20.2 Å². The van der Waals surface area contributed by atoms with Crippen molar-refractivity contribution in [2.75, 3.05) is 0 Å². The minimum atomic E-state index is -2.17. The normalized spacial score (nSPS) is 8.38. The summed E-state index contributed by atoms with van der Waals surface area (Å²) in [5, 5.41) is 29.1. The van der Waals surface area contributed by atoms with E-state index in [1.807, 2.05) is 0 Å². The molecule has 0 aromatic rings. The molecule has 0 spiro atoms. The maximum atomic E-state index is 11.2. The van der Waals surface area contributed by atoms with Gasteiger partial charge in [0.15, 0.2) is 6.17 Å². The summed E-state index contributed by atoms with van der Waals surface area (Å²) in [7, 11) is -2.17. The van der Waals surface area contributed by atoms with Crippen LogP contribution in [0.3, 0.4) is 0 Å². The van der Waals surface area contributed by atoms with Crippen molar-refractivity contribution < 1.29 is 38.8 Å². The third-order valence-electron chi connectivity index (χ3n) is 0.340. The van der Waals surface area contributed by atoms with Crippen molar-refractivity contribution >= 4 is 32.2 Å². The zero-order valence-corrected chi connectivity index (χ0v) is 6.05.